The second-order valence-electron chi connectivity index (χ2n) is 5.62. The van der Waals surface area contributed by atoms with Gasteiger partial charge in [-0.3, -0.25) is 0 Å². The van der Waals surface area contributed by atoms with Crippen molar-refractivity contribution < 1.29 is 22.5 Å². The van der Waals surface area contributed by atoms with Crippen molar-refractivity contribution >= 4 is 13.2 Å². The highest BCUT2D eigenvalue weighted by Gasteiger charge is 2.53. The van der Waals surface area contributed by atoms with Crippen molar-refractivity contribution in [1.29, 1.82) is 0 Å². The van der Waals surface area contributed by atoms with E-state index in [1.165, 1.54) is 6.07 Å². The third-order valence-corrected chi connectivity index (χ3v) is 3.65. The molecule has 0 amide bonds. The summed E-state index contributed by atoms with van der Waals surface area (Å²) in [4.78, 5) is 3.13. The third-order valence-electron chi connectivity index (χ3n) is 3.65. The monoisotopic (exact) mass is 285 g/mol. The van der Waals surface area contributed by atoms with Gasteiger partial charge in [0.05, 0.1) is 11.2 Å². The minimum atomic E-state index is -1.28. The summed E-state index contributed by atoms with van der Waals surface area (Å²) in [6.45, 7) is 7.08. The molecule has 3 nitrogen and oxygen atoms in total. The molecule has 0 aliphatic carbocycles. The molecule has 1 saturated heterocycles. The lowest BCUT2D eigenvalue weighted by atomic mass is 9.87. The molecule has 2 heterocycles. The lowest BCUT2D eigenvalue weighted by Crippen LogP contribution is -2.41. The maximum Gasteiger partial charge on any atom is 0.525 e. The quantitative estimate of drug-likeness (QED) is 0.617. The van der Waals surface area contributed by atoms with E-state index in [0.717, 1.165) is 12.3 Å². The van der Waals surface area contributed by atoms with E-state index >= 15 is 0 Å². The molecule has 7 heteroatoms. The van der Waals surface area contributed by atoms with Crippen molar-refractivity contribution in [1.82, 2.24) is 4.98 Å². The molecule has 0 N–H and O–H groups in total. The number of pyridine rings is 1. The Labute approximate surface area is 115 Å². The molecule has 0 radical (unpaired) electrons. The topological polar surface area (TPSA) is 31.4 Å². The molecule has 1 aromatic rings. The third kappa shape index (κ3) is 2.60. The summed E-state index contributed by atoms with van der Waals surface area (Å²) in [7, 11) is -1.24. The molecule has 108 valence electrons. The van der Waals surface area contributed by atoms with Crippen LogP contribution < -0.4 is 0 Å². The fraction of sp³-hybridized carbons (Fsp3) is 0.462. The van der Waals surface area contributed by atoms with Crippen LogP contribution in [0.5, 0.6) is 0 Å². The van der Waals surface area contributed by atoms with Crippen LogP contribution in [0.2, 0.25) is 0 Å². The molecule has 1 fully saturated rings. The zero-order chi connectivity index (χ0) is 15.1. The number of halogens is 3. The van der Waals surface area contributed by atoms with Crippen molar-refractivity contribution in [3.8, 4) is 0 Å². The fourth-order valence-electron chi connectivity index (χ4n) is 1.72. The number of hydrogen-bond acceptors (Lipinski definition) is 3. The molecule has 0 spiro atoms. The second-order valence-corrected chi connectivity index (χ2v) is 5.62. The van der Waals surface area contributed by atoms with E-state index in [-0.39, 0.29) is 5.56 Å². The molecular weight excluding hydrogens is 270 g/mol. The van der Waals surface area contributed by atoms with Gasteiger partial charge in [0, 0.05) is 11.8 Å². The van der Waals surface area contributed by atoms with Crippen molar-refractivity contribution in [3.63, 3.8) is 0 Å². The largest absolute Gasteiger partial charge is 0.525 e. The molecule has 20 heavy (non-hydrogen) atoms. The molecule has 0 aromatic carbocycles. The van der Waals surface area contributed by atoms with Crippen LogP contribution in [0.15, 0.2) is 18.0 Å². The van der Waals surface area contributed by atoms with E-state index in [9.17, 15) is 13.2 Å². The Kier molecular flexibility index (Phi) is 3.68. The van der Waals surface area contributed by atoms with Gasteiger partial charge in [0.25, 0.3) is 0 Å². The van der Waals surface area contributed by atoms with Gasteiger partial charge in [-0.1, -0.05) is 0 Å². The molecule has 1 aliphatic rings. The maximum absolute atomic E-state index is 14.1. The van der Waals surface area contributed by atoms with Crippen LogP contribution in [0.4, 0.5) is 13.2 Å². The van der Waals surface area contributed by atoms with Crippen LogP contribution in [0.1, 0.15) is 33.3 Å². The molecule has 0 unspecified atom stereocenters. The van der Waals surface area contributed by atoms with Gasteiger partial charge in [0.15, 0.2) is 5.82 Å². The van der Waals surface area contributed by atoms with Gasteiger partial charge in [-0.25, -0.2) is 13.8 Å². The predicted molar refractivity (Wildman–Crippen MR) is 69.3 cm³/mol. The fourth-order valence-corrected chi connectivity index (χ4v) is 1.72. The highest BCUT2D eigenvalue weighted by Crippen LogP contribution is 2.39. The van der Waals surface area contributed by atoms with Gasteiger partial charge in [0.1, 0.15) is 5.73 Å². The Balaban J connectivity index is 2.27. The minimum absolute atomic E-state index is 0.246. The summed E-state index contributed by atoms with van der Waals surface area (Å²) in [5.74, 6) is -2.49. The van der Waals surface area contributed by atoms with Gasteiger partial charge >= 0.3 is 7.12 Å². The number of rotatable bonds is 2. The van der Waals surface area contributed by atoms with E-state index in [1.807, 2.05) is 0 Å². The number of aromatic nitrogens is 1. The smallest absolute Gasteiger partial charge is 0.398 e. The molecule has 0 bridgehead atoms. The van der Waals surface area contributed by atoms with Gasteiger partial charge in [0.2, 0.25) is 5.95 Å². The Morgan fingerprint density at radius 2 is 1.75 bits per heavy atom. The first-order chi connectivity index (χ1) is 9.14. The van der Waals surface area contributed by atoms with Gasteiger partial charge in [-0.2, -0.15) is 4.39 Å². The molecular formula is C13H15BF3NO2. The first-order valence-electron chi connectivity index (χ1n) is 6.17. The van der Waals surface area contributed by atoms with Crippen LogP contribution in [0.25, 0.3) is 6.08 Å². The second kappa shape index (κ2) is 4.89. The van der Waals surface area contributed by atoms with Crippen molar-refractivity contribution in [2.75, 3.05) is 0 Å². The number of nitrogens with zero attached hydrogens (tertiary/aromatic N) is 1. The van der Waals surface area contributed by atoms with Crippen molar-refractivity contribution in [3.05, 3.63) is 35.3 Å². The highest BCUT2D eigenvalue weighted by atomic mass is 19.2. The SMILES string of the molecule is CC1(C)OB(C(F)=Cc2ccnc(F)c2F)OC1(C)C. The Hall–Kier alpha value is -1.34. The average molecular weight is 285 g/mol. The molecule has 0 atom stereocenters. The summed E-state index contributed by atoms with van der Waals surface area (Å²) >= 11 is 0. The van der Waals surface area contributed by atoms with E-state index in [2.05, 4.69) is 4.98 Å². The van der Waals surface area contributed by atoms with Crippen LogP contribution in [-0.2, 0) is 9.31 Å². The van der Waals surface area contributed by atoms with E-state index in [1.54, 1.807) is 27.7 Å². The summed E-state index contributed by atoms with van der Waals surface area (Å²) in [5, 5.41) is 0. The van der Waals surface area contributed by atoms with E-state index in [4.69, 9.17) is 9.31 Å². The zero-order valence-electron chi connectivity index (χ0n) is 11.7. The van der Waals surface area contributed by atoms with Gasteiger partial charge in [-0.05, 0) is 39.8 Å². The number of hydrogen-bond donors (Lipinski definition) is 0. The van der Waals surface area contributed by atoms with Crippen LogP contribution >= 0.6 is 0 Å². The van der Waals surface area contributed by atoms with Gasteiger partial charge < -0.3 is 9.31 Å². The average Bonchev–Trinajstić information content (AvgIpc) is 2.54. The van der Waals surface area contributed by atoms with Crippen LogP contribution in [0, 0.1) is 11.8 Å². The Bertz CT molecular complexity index is 545. The predicted octanol–water partition coefficient (Wildman–Crippen LogP) is 3.30. The van der Waals surface area contributed by atoms with Gasteiger partial charge in [-0.15, -0.1) is 0 Å². The normalized spacial score (nSPS) is 21.4. The summed E-state index contributed by atoms with van der Waals surface area (Å²) < 4.78 is 51.4. The minimum Gasteiger partial charge on any atom is -0.398 e. The first kappa shape index (κ1) is 15.1. The summed E-state index contributed by atoms with van der Waals surface area (Å²) in [6, 6.07) is 1.17. The highest BCUT2D eigenvalue weighted by molar-refractivity contribution is 6.54. The maximum atomic E-state index is 14.1. The molecule has 1 aliphatic heterocycles. The Morgan fingerprint density at radius 3 is 2.30 bits per heavy atom. The summed E-state index contributed by atoms with van der Waals surface area (Å²) in [6.07, 6.45) is 1.91. The summed E-state index contributed by atoms with van der Waals surface area (Å²) in [5.41, 5.74) is -2.48. The van der Waals surface area contributed by atoms with E-state index in [0.29, 0.717) is 0 Å². The Morgan fingerprint density at radius 1 is 1.20 bits per heavy atom. The first-order valence-corrected chi connectivity index (χ1v) is 6.17. The van der Waals surface area contributed by atoms with Crippen LogP contribution in [0.3, 0.4) is 0 Å². The van der Waals surface area contributed by atoms with Crippen LogP contribution in [-0.4, -0.2) is 23.3 Å². The zero-order valence-corrected chi connectivity index (χ0v) is 11.7. The molecule has 1 aromatic heterocycles. The lowest BCUT2D eigenvalue weighted by molar-refractivity contribution is 0.00578. The van der Waals surface area contributed by atoms with E-state index < -0.39 is 35.8 Å². The van der Waals surface area contributed by atoms with Crippen molar-refractivity contribution in [2.24, 2.45) is 0 Å². The lowest BCUT2D eigenvalue weighted by Gasteiger charge is -2.32. The molecule has 2 rings (SSSR count). The standard InChI is InChI=1S/C13H15BF3NO2/c1-12(2)13(3,4)20-14(19-12)9(15)7-8-5-6-18-11(17)10(8)16/h5-7H,1-4H3. The van der Waals surface area contributed by atoms with Crippen molar-refractivity contribution in [2.45, 2.75) is 38.9 Å². The molecule has 0 saturated carbocycles.